The molecule has 0 aliphatic carbocycles. The molecule has 1 N–H and O–H groups in total. The summed E-state index contributed by atoms with van der Waals surface area (Å²) in [5.74, 6) is 0.516. The van der Waals surface area contributed by atoms with E-state index in [1.165, 1.54) is 0 Å². The van der Waals surface area contributed by atoms with Crippen molar-refractivity contribution in [3.8, 4) is 0 Å². The Balaban J connectivity index is 1.39. The number of carbonyl (C=O) groups excluding carboxylic acids is 2. The third kappa shape index (κ3) is 4.88. The average Bonchev–Trinajstić information content (AvgIpc) is 2.83. The normalized spacial score (nSPS) is 15.1. The average molecular weight is 432 g/mol. The topological polar surface area (TPSA) is 78.4 Å². The smallest absolute Gasteiger partial charge is 0.245 e. The van der Waals surface area contributed by atoms with Crippen LogP contribution >= 0.6 is 0 Å². The lowest BCUT2D eigenvalue weighted by atomic mass is 10.00. The molecule has 2 amide bonds. The molecule has 4 rings (SSSR count). The fourth-order valence-corrected chi connectivity index (χ4v) is 4.14. The van der Waals surface area contributed by atoms with Gasteiger partial charge in [0.05, 0.1) is 6.42 Å². The summed E-state index contributed by atoms with van der Waals surface area (Å²) in [6, 6.07) is 15.3. The van der Waals surface area contributed by atoms with E-state index in [2.05, 4.69) is 20.2 Å². The van der Waals surface area contributed by atoms with Crippen molar-refractivity contribution < 1.29 is 9.59 Å². The molecule has 1 aliphatic rings. The minimum atomic E-state index is -0.544. The summed E-state index contributed by atoms with van der Waals surface area (Å²) in [6.07, 6.45) is 3.69. The van der Waals surface area contributed by atoms with Crippen molar-refractivity contribution in [1.82, 2.24) is 20.2 Å². The summed E-state index contributed by atoms with van der Waals surface area (Å²) in [4.78, 5) is 38.6. The standard InChI is InChI=1S/C25H29N5O2/c1-18(2)23(24(32)29-13-15-30(16-14-29)25-26-11-6-12-27-25)28-22(31)17-20-9-5-8-19-7-3-4-10-21(19)20/h3-12,18,23H,13-17H2,1-2H3,(H,28,31)/t23-/m0/s1. The van der Waals surface area contributed by atoms with Gasteiger partial charge in [-0.25, -0.2) is 9.97 Å². The van der Waals surface area contributed by atoms with E-state index in [1.807, 2.05) is 61.2 Å². The van der Waals surface area contributed by atoms with Crippen molar-refractivity contribution in [2.75, 3.05) is 31.1 Å². The quantitative estimate of drug-likeness (QED) is 0.649. The van der Waals surface area contributed by atoms with Gasteiger partial charge in [-0.15, -0.1) is 0 Å². The van der Waals surface area contributed by atoms with Gasteiger partial charge in [-0.3, -0.25) is 9.59 Å². The highest BCUT2D eigenvalue weighted by molar-refractivity contribution is 5.92. The molecule has 0 saturated carbocycles. The summed E-state index contributed by atoms with van der Waals surface area (Å²) in [5, 5.41) is 5.17. The zero-order valence-corrected chi connectivity index (χ0v) is 18.6. The zero-order valence-electron chi connectivity index (χ0n) is 18.6. The van der Waals surface area contributed by atoms with Crippen LogP contribution in [0.25, 0.3) is 10.8 Å². The van der Waals surface area contributed by atoms with E-state index in [0.717, 1.165) is 16.3 Å². The fourth-order valence-electron chi connectivity index (χ4n) is 4.14. The minimum absolute atomic E-state index is 0.00514. The molecule has 2 heterocycles. The lowest BCUT2D eigenvalue weighted by molar-refractivity contribution is -0.137. The van der Waals surface area contributed by atoms with E-state index >= 15 is 0 Å². The lowest BCUT2D eigenvalue weighted by Crippen LogP contribution is -2.56. The first-order valence-corrected chi connectivity index (χ1v) is 11.1. The van der Waals surface area contributed by atoms with Crippen molar-refractivity contribution in [2.45, 2.75) is 26.3 Å². The SMILES string of the molecule is CC(C)[C@H](NC(=O)Cc1cccc2ccccc12)C(=O)N1CCN(c2ncccn2)CC1. The highest BCUT2D eigenvalue weighted by atomic mass is 16.2. The van der Waals surface area contributed by atoms with Crippen LogP contribution in [0.5, 0.6) is 0 Å². The predicted molar refractivity (Wildman–Crippen MR) is 125 cm³/mol. The van der Waals surface area contributed by atoms with Crippen molar-refractivity contribution in [3.63, 3.8) is 0 Å². The number of amides is 2. The number of anilines is 1. The number of nitrogens with zero attached hydrogens (tertiary/aromatic N) is 4. The Morgan fingerprint density at radius 3 is 2.34 bits per heavy atom. The summed E-state index contributed by atoms with van der Waals surface area (Å²) < 4.78 is 0. The zero-order chi connectivity index (χ0) is 22.5. The Morgan fingerprint density at radius 1 is 0.938 bits per heavy atom. The first-order chi connectivity index (χ1) is 15.5. The van der Waals surface area contributed by atoms with E-state index in [4.69, 9.17) is 0 Å². The molecule has 32 heavy (non-hydrogen) atoms. The Kier molecular flexibility index (Phi) is 6.63. The fraction of sp³-hybridized carbons (Fsp3) is 0.360. The Hall–Kier alpha value is -3.48. The first-order valence-electron chi connectivity index (χ1n) is 11.1. The number of fused-ring (bicyclic) bond motifs is 1. The Bertz CT molecular complexity index is 1070. The summed E-state index contributed by atoms with van der Waals surface area (Å²) in [5.41, 5.74) is 0.965. The summed E-state index contributed by atoms with van der Waals surface area (Å²) in [6.45, 7) is 6.44. The van der Waals surface area contributed by atoms with Crippen LogP contribution in [-0.4, -0.2) is 58.9 Å². The molecule has 0 spiro atoms. The maximum absolute atomic E-state index is 13.2. The second-order valence-corrected chi connectivity index (χ2v) is 8.47. The summed E-state index contributed by atoms with van der Waals surface area (Å²) in [7, 11) is 0. The van der Waals surface area contributed by atoms with E-state index in [0.29, 0.717) is 32.1 Å². The molecule has 1 aromatic heterocycles. The second-order valence-electron chi connectivity index (χ2n) is 8.47. The van der Waals surface area contributed by atoms with Crippen LogP contribution in [0.3, 0.4) is 0 Å². The lowest BCUT2D eigenvalue weighted by Gasteiger charge is -2.37. The second kappa shape index (κ2) is 9.77. The molecule has 0 radical (unpaired) electrons. The molecule has 2 aromatic carbocycles. The van der Waals surface area contributed by atoms with Crippen molar-refractivity contribution in [1.29, 1.82) is 0 Å². The van der Waals surface area contributed by atoms with Crippen LogP contribution in [0.4, 0.5) is 5.95 Å². The molecule has 1 fully saturated rings. The van der Waals surface area contributed by atoms with Gasteiger partial charge in [0.15, 0.2) is 0 Å². The number of carbonyl (C=O) groups is 2. The molecule has 1 atom stereocenters. The maximum atomic E-state index is 13.2. The van der Waals surface area contributed by atoms with Gasteiger partial charge >= 0.3 is 0 Å². The number of nitrogens with one attached hydrogen (secondary N) is 1. The van der Waals surface area contributed by atoms with Crippen LogP contribution in [0.1, 0.15) is 19.4 Å². The molecule has 7 nitrogen and oxygen atoms in total. The maximum Gasteiger partial charge on any atom is 0.245 e. The molecule has 0 bridgehead atoms. The van der Waals surface area contributed by atoms with Gasteiger partial charge in [-0.05, 0) is 28.3 Å². The molecule has 1 saturated heterocycles. The highest BCUT2D eigenvalue weighted by Gasteiger charge is 2.31. The highest BCUT2D eigenvalue weighted by Crippen LogP contribution is 2.19. The van der Waals surface area contributed by atoms with Crippen molar-refractivity contribution in [2.24, 2.45) is 5.92 Å². The number of benzene rings is 2. The molecule has 0 unspecified atom stereocenters. The van der Waals surface area contributed by atoms with Crippen LogP contribution in [0.15, 0.2) is 60.9 Å². The van der Waals surface area contributed by atoms with E-state index < -0.39 is 6.04 Å². The van der Waals surface area contributed by atoms with Gasteiger partial charge in [0, 0.05) is 38.6 Å². The van der Waals surface area contributed by atoms with Gasteiger partial charge in [0.25, 0.3) is 0 Å². The number of rotatable bonds is 6. The third-order valence-corrected chi connectivity index (χ3v) is 5.91. The molecule has 3 aromatic rings. The number of hydrogen-bond acceptors (Lipinski definition) is 5. The minimum Gasteiger partial charge on any atom is -0.344 e. The Labute approximate surface area is 188 Å². The van der Waals surface area contributed by atoms with Gasteiger partial charge in [-0.2, -0.15) is 0 Å². The summed E-state index contributed by atoms with van der Waals surface area (Å²) >= 11 is 0. The molecule has 1 aliphatic heterocycles. The van der Waals surface area contributed by atoms with Gasteiger partial charge in [0.2, 0.25) is 17.8 Å². The van der Waals surface area contributed by atoms with Crippen LogP contribution in [-0.2, 0) is 16.0 Å². The molecule has 7 heteroatoms. The monoisotopic (exact) mass is 431 g/mol. The van der Waals surface area contributed by atoms with E-state index in [-0.39, 0.29) is 24.2 Å². The first kappa shape index (κ1) is 21.7. The van der Waals surface area contributed by atoms with Crippen LogP contribution in [0.2, 0.25) is 0 Å². The largest absolute Gasteiger partial charge is 0.344 e. The third-order valence-electron chi connectivity index (χ3n) is 5.91. The van der Waals surface area contributed by atoms with Crippen molar-refractivity contribution >= 4 is 28.5 Å². The van der Waals surface area contributed by atoms with E-state index in [9.17, 15) is 9.59 Å². The Morgan fingerprint density at radius 2 is 1.62 bits per heavy atom. The number of hydrogen-bond donors (Lipinski definition) is 1. The predicted octanol–water partition coefficient (Wildman–Crippen LogP) is 2.66. The molecule has 166 valence electrons. The van der Waals surface area contributed by atoms with Crippen molar-refractivity contribution in [3.05, 3.63) is 66.5 Å². The van der Waals surface area contributed by atoms with Crippen LogP contribution < -0.4 is 10.2 Å². The number of piperazine rings is 1. The van der Waals surface area contributed by atoms with Gasteiger partial charge in [0.1, 0.15) is 6.04 Å². The van der Waals surface area contributed by atoms with Crippen LogP contribution in [0, 0.1) is 5.92 Å². The van der Waals surface area contributed by atoms with E-state index in [1.54, 1.807) is 18.5 Å². The van der Waals surface area contributed by atoms with Gasteiger partial charge < -0.3 is 15.1 Å². The van der Waals surface area contributed by atoms with Gasteiger partial charge in [-0.1, -0.05) is 56.3 Å². The molecular weight excluding hydrogens is 402 g/mol. The number of aromatic nitrogens is 2. The molecular formula is C25H29N5O2.